The molecule has 0 aliphatic heterocycles. The summed E-state index contributed by atoms with van der Waals surface area (Å²) in [5.41, 5.74) is 2.49. The Kier molecular flexibility index (Phi) is 5.59. The number of halogens is 3. The minimum Gasteiger partial charge on any atom is -0.207 e. The zero-order valence-corrected chi connectivity index (χ0v) is 13.6. The molecule has 0 aliphatic rings. The van der Waals surface area contributed by atoms with Gasteiger partial charge in [-0.15, -0.1) is 0 Å². The van der Waals surface area contributed by atoms with Crippen LogP contribution in [-0.2, 0) is 12.8 Å². The van der Waals surface area contributed by atoms with Crippen molar-refractivity contribution in [3.63, 3.8) is 0 Å². The summed E-state index contributed by atoms with van der Waals surface area (Å²) in [5, 5.41) is 0.936. The lowest BCUT2D eigenvalue weighted by Crippen LogP contribution is -2.10. The number of hydrogen-bond acceptors (Lipinski definition) is 0. The maximum atomic E-state index is 12.9. The summed E-state index contributed by atoms with van der Waals surface area (Å²) < 4.78 is 14.0. The first-order chi connectivity index (χ1) is 9.19. The van der Waals surface area contributed by atoms with Crippen LogP contribution in [0.25, 0.3) is 0 Å². The maximum Gasteiger partial charge on any atom is 0.123 e. The third-order valence-corrected chi connectivity index (χ3v) is 4.81. The molecule has 0 heterocycles. The first-order valence-corrected chi connectivity index (χ1v) is 8.14. The highest BCUT2D eigenvalue weighted by molar-refractivity contribution is 9.10. The highest BCUT2D eigenvalue weighted by Crippen LogP contribution is 2.22. The summed E-state index contributed by atoms with van der Waals surface area (Å²) in [6.07, 6.45) is 1.96. The van der Waals surface area contributed by atoms with Gasteiger partial charge in [0, 0.05) is 9.80 Å². The van der Waals surface area contributed by atoms with Crippen LogP contribution in [0.5, 0.6) is 0 Å². The van der Waals surface area contributed by atoms with Gasteiger partial charge in [-0.25, -0.2) is 4.39 Å². The van der Waals surface area contributed by atoms with Crippen molar-refractivity contribution in [1.82, 2.24) is 0 Å². The third kappa shape index (κ3) is 4.43. The van der Waals surface area contributed by atoms with Gasteiger partial charge in [-0.2, -0.15) is 0 Å². The van der Waals surface area contributed by atoms with Crippen LogP contribution in [0, 0.1) is 11.7 Å². The number of rotatable bonds is 5. The Morgan fingerprint density at radius 1 is 0.947 bits per heavy atom. The van der Waals surface area contributed by atoms with E-state index in [-0.39, 0.29) is 5.82 Å². The molecule has 0 saturated heterocycles. The van der Waals surface area contributed by atoms with Crippen molar-refractivity contribution in [3.8, 4) is 0 Å². The molecule has 0 fully saturated rings. The van der Waals surface area contributed by atoms with Gasteiger partial charge in [0.15, 0.2) is 0 Å². The Morgan fingerprint density at radius 3 is 2.26 bits per heavy atom. The standard InChI is InChI=1S/C16H15Br2F/c17-11-13(9-12-5-7-15(19)8-6-12)10-14-3-1-2-4-16(14)18/h1-8,13H,9-11H2. The minimum absolute atomic E-state index is 0.176. The van der Waals surface area contributed by atoms with E-state index in [0.29, 0.717) is 5.92 Å². The van der Waals surface area contributed by atoms with Crippen molar-refractivity contribution in [1.29, 1.82) is 0 Å². The lowest BCUT2D eigenvalue weighted by atomic mass is 9.94. The molecule has 0 nitrogen and oxygen atoms in total. The number of hydrogen-bond donors (Lipinski definition) is 0. The van der Waals surface area contributed by atoms with E-state index in [4.69, 9.17) is 0 Å². The predicted molar refractivity (Wildman–Crippen MR) is 85.2 cm³/mol. The van der Waals surface area contributed by atoms with E-state index in [9.17, 15) is 4.39 Å². The fourth-order valence-corrected chi connectivity index (χ4v) is 3.01. The second kappa shape index (κ2) is 7.20. The van der Waals surface area contributed by atoms with E-state index in [1.165, 1.54) is 23.3 Å². The molecule has 1 unspecified atom stereocenters. The van der Waals surface area contributed by atoms with Crippen molar-refractivity contribution in [2.75, 3.05) is 5.33 Å². The van der Waals surface area contributed by atoms with Crippen molar-refractivity contribution < 1.29 is 4.39 Å². The average Bonchev–Trinajstić information content (AvgIpc) is 2.43. The van der Waals surface area contributed by atoms with Crippen molar-refractivity contribution in [3.05, 3.63) is 69.9 Å². The molecule has 3 heteroatoms. The van der Waals surface area contributed by atoms with Crippen molar-refractivity contribution >= 4 is 31.9 Å². The second-order valence-corrected chi connectivity index (χ2v) is 6.15. The Morgan fingerprint density at radius 2 is 1.63 bits per heavy atom. The lowest BCUT2D eigenvalue weighted by molar-refractivity contribution is 0.586. The normalized spacial score (nSPS) is 12.4. The molecule has 0 saturated carbocycles. The van der Waals surface area contributed by atoms with Crippen LogP contribution in [0.1, 0.15) is 11.1 Å². The van der Waals surface area contributed by atoms with Crippen LogP contribution in [0.3, 0.4) is 0 Å². The topological polar surface area (TPSA) is 0 Å². The van der Waals surface area contributed by atoms with Crippen LogP contribution in [0.15, 0.2) is 53.0 Å². The second-order valence-electron chi connectivity index (χ2n) is 4.65. The number of benzene rings is 2. The smallest absolute Gasteiger partial charge is 0.123 e. The monoisotopic (exact) mass is 384 g/mol. The molecular formula is C16H15Br2F. The molecule has 2 rings (SSSR count). The van der Waals surface area contributed by atoms with E-state index in [0.717, 1.165) is 22.6 Å². The van der Waals surface area contributed by atoms with Crippen LogP contribution >= 0.6 is 31.9 Å². The molecule has 2 aromatic rings. The van der Waals surface area contributed by atoms with Gasteiger partial charge >= 0.3 is 0 Å². The molecule has 100 valence electrons. The van der Waals surface area contributed by atoms with Crippen LogP contribution < -0.4 is 0 Å². The average molecular weight is 386 g/mol. The summed E-state index contributed by atoms with van der Waals surface area (Å²) >= 11 is 7.16. The zero-order valence-electron chi connectivity index (χ0n) is 10.5. The predicted octanol–water partition coefficient (Wildman–Crippen LogP) is 5.38. The largest absolute Gasteiger partial charge is 0.207 e. The highest BCUT2D eigenvalue weighted by Gasteiger charge is 2.11. The molecule has 0 N–H and O–H groups in total. The molecule has 0 amide bonds. The molecule has 0 spiro atoms. The minimum atomic E-state index is -0.176. The third-order valence-electron chi connectivity index (χ3n) is 3.12. The molecule has 19 heavy (non-hydrogen) atoms. The fraction of sp³-hybridized carbons (Fsp3) is 0.250. The highest BCUT2D eigenvalue weighted by atomic mass is 79.9. The Hall–Kier alpha value is -0.670. The van der Waals surface area contributed by atoms with Gasteiger partial charge in [0.2, 0.25) is 0 Å². The number of alkyl halides is 1. The first kappa shape index (κ1) is 14.7. The molecule has 2 aromatic carbocycles. The van der Waals surface area contributed by atoms with Crippen LogP contribution in [0.4, 0.5) is 4.39 Å². The van der Waals surface area contributed by atoms with E-state index in [1.54, 1.807) is 0 Å². The first-order valence-electron chi connectivity index (χ1n) is 6.23. The SMILES string of the molecule is Fc1ccc(CC(CBr)Cc2ccccc2Br)cc1. The summed E-state index contributed by atoms with van der Waals surface area (Å²) in [5.74, 6) is 0.328. The van der Waals surface area contributed by atoms with Gasteiger partial charge in [-0.1, -0.05) is 62.2 Å². The molecular weight excluding hydrogens is 371 g/mol. The summed E-state index contributed by atoms with van der Waals surface area (Å²) in [7, 11) is 0. The zero-order chi connectivity index (χ0) is 13.7. The lowest BCUT2D eigenvalue weighted by Gasteiger charge is -2.15. The molecule has 0 aromatic heterocycles. The maximum absolute atomic E-state index is 12.9. The van der Waals surface area contributed by atoms with Gasteiger partial charge in [-0.3, -0.25) is 0 Å². The Balaban J connectivity index is 2.05. The Labute approximate surface area is 130 Å². The molecule has 1 atom stereocenters. The van der Waals surface area contributed by atoms with Crippen molar-refractivity contribution in [2.45, 2.75) is 12.8 Å². The summed E-state index contributed by atoms with van der Waals surface area (Å²) in [6.45, 7) is 0. The van der Waals surface area contributed by atoms with Crippen molar-refractivity contribution in [2.24, 2.45) is 5.92 Å². The van der Waals surface area contributed by atoms with E-state index >= 15 is 0 Å². The molecule has 0 radical (unpaired) electrons. The van der Waals surface area contributed by atoms with Gasteiger partial charge in [0.1, 0.15) is 5.82 Å². The van der Waals surface area contributed by atoms with Gasteiger partial charge < -0.3 is 0 Å². The summed E-state index contributed by atoms with van der Waals surface area (Å²) in [6, 6.07) is 15.1. The fourth-order valence-electron chi connectivity index (χ4n) is 2.11. The van der Waals surface area contributed by atoms with Gasteiger partial charge in [-0.05, 0) is 48.1 Å². The molecule has 0 bridgehead atoms. The van der Waals surface area contributed by atoms with Crippen LogP contribution in [-0.4, -0.2) is 5.33 Å². The van der Waals surface area contributed by atoms with Gasteiger partial charge in [0.05, 0.1) is 0 Å². The van der Waals surface area contributed by atoms with E-state index < -0.39 is 0 Å². The summed E-state index contributed by atoms with van der Waals surface area (Å²) in [4.78, 5) is 0. The van der Waals surface area contributed by atoms with E-state index in [1.807, 2.05) is 18.2 Å². The van der Waals surface area contributed by atoms with Gasteiger partial charge in [0.25, 0.3) is 0 Å². The van der Waals surface area contributed by atoms with Crippen LogP contribution in [0.2, 0.25) is 0 Å². The Bertz CT molecular complexity index is 523. The quantitative estimate of drug-likeness (QED) is 0.605. The molecule has 0 aliphatic carbocycles. The van der Waals surface area contributed by atoms with E-state index in [2.05, 4.69) is 50.1 Å².